The fraction of sp³-hybridized carbons (Fsp3) is 0.150. The van der Waals surface area contributed by atoms with E-state index in [9.17, 15) is 27.2 Å². The lowest BCUT2D eigenvalue weighted by molar-refractivity contribution is -0.141. The lowest BCUT2D eigenvalue weighted by atomic mass is 9.93. The van der Waals surface area contributed by atoms with Crippen molar-refractivity contribution in [1.82, 2.24) is 24.8 Å². The van der Waals surface area contributed by atoms with Crippen LogP contribution in [0.3, 0.4) is 0 Å². The van der Waals surface area contributed by atoms with Gasteiger partial charge in [-0.15, -0.1) is 0 Å². The number of carbonyl (C=O) groups is 2. The molecule has 2 aliphatic rings. The fourth-order valence-corrected chi connectivity index (χ4v) is 3.69. The first-order chi connectivity index (χ1) is 14.7. The number of rotatable bonds is 2. The number of nitrogens with zero attached hydrogens (tertiary/aromatic N) is 4. The van der Waals surface area contributed by atoms with Crippen LogP contribution in [0.4, 0.5) is 17.6 Å². The molecule has 0 bridgehead atoms. The van der Waals surface area contributed by atoms with Crippen molar-refractivity contribution in [3.05, 3.63) is 60.0 Å². The van der Waals surface area contributed by atoms with Crippen LogP contribution in [0.25, 0.3) is 28.2 Å². The number of alkyl halides is 3. The Balaban J connectivity index is 1.74. The molecule has 1 amide bonds. The van der Waals surface area contributed by atoms with E-state index in [0.717, 1.165) is 12.1 Å². The normalized spacial score (nSPS) is 18.6. The molecule has 31 heavy (non-hydrogen) atoms. The molecule has 4 heterocycles. The molecular weight excluding hydrogens is 418 g/mol. The molecule has 1 fully saturated rings. The maximum Gasteiger partial charge on any atom is 0.433 e. The van der Waals surface area contributed by atoms with E-state index in [2.05, 4.69) is 20.3 Å². The van der Waals surface area contributed by atoms with Crippen LogP contribution in [0.5, 0.6) is 0 Å². The van der Waals surface area contributed by atoms with Crippen molar-refractivity contribution in [2.75, 3.05) is 0 Å². The highest BCUT2D eigenvalue weighted by atomic mass is 19.4. The van der Waals surface area contributed by atoms with Gasteiger partial charge in [0.15, 0.2) is 5.65 Å². The van der Waals surface area contributed by atoms with Crippen LogP contribution < -0.4 is 5.32 Å². The Hall–Kier alpha value is -3.89. The average Bonchev–Trinajstić information content (AvgIpc) is 3.24. The summed E-state index contributed by atoms with van der Waals surface area (Å²) in [6, 6.07) is 4.55. The van der Waals surface area contributed by atoms with Gasteiger partial charge in [-0.2, -0.15) is 17.6 Å². The molecule has 0 radical (unpaired) electrons. The minimum Gasteiger partial charge on any atom is -0.322 e. The fourth-order valence-electron chi connectivity index (χ4n) is 3.69. The molecule has 1 atom stereocenters. The van der Waals surface area contributed by atoms with Crippen LogP contribution >= 0.6 is 0 Å². The first kappa shape index (κ1) is 19.1. The van der Waals surface area contributed by atoms with Crippen LogP contribution in [0, 0.1) is 11.9 Å². The van der Waals surface area contributed by atoms with Crippen molar-refractivity contribution in [1.29, 1.82) is 0 Å². The predicted molar refractivity (Wildman–Crippen MR) is 99.3 cm³/mol. The van der Waals surface area contributed by atoms with Crippen molar-refractivity contribution in [3.63, 3.8) is 0 Å². The van der Waals surface area contributed by atoms with E-state index < -0.39 is 35.4 Å². The van der Waals surface area contributed by atoms with Gasteiger partial charge in [0.25, 0.3) is 5.91 Å². The van der Waals surface area contributed by atoms with Gasteiger partial charge in [-0.1, -0.05) is 0 Å². The number of allylic oxidation sites excluding steroid dienone is 4. The van der Waals surface area contributed by atoms with Gasteiger partial charge < -0.3 is 5.32 Å². The number of aromatic nitrogens is 4. The summed E-state index contributed by atoms with van der Waals surface area (Å²) in [5.41, 5.74) is 0.0122. The third-order valence-electron chi connectivity index (χ3n) is 5.11. The molecule has 1 N–H and O–H groups in total. The predicted octanol–water partition coefficient (Wildman–Crippen LogP) is 3.09. The highest BCUT2D eigenvalue weighted by Gasteiger charge is 2.39. The van der Waals surface area contributed by atoms with E-state index in [1.54, 1.807) is 6.08 Å². The summed E-state index contributed by atoms with van der Waals surface area (Å²) in [5, 5.41) is 2.47. The Morgan fingerprint density at radius 3 is 2.65 bits per heavy atom. The molecule has 0 aromatic carbocycles. The van der Waals surface area contributed by atoms with Crippen molar-refractivity contribution in [2.45, 2.75) is 12.6 Å². The smallest absolute Gasteiger partial charge is 0.322 e. The van der Waals surface area contributed by atoms with Gasteiger partial charge in [0, 0.05) is 35.6 Å². The number of hydrogen-bond acceptors (Lipinski definition) is 5. The quantitative estimate of drug-likeness (QED) is 0.384. The molecule has 5 rings (SSSR count). The number of hydrogen-bond donors (Lipinski definition) is 1. The Labute approximate surface area is 171 Å². The number of Topliss-reactive ketones (excluding diaryl/α,β-unsaturated/α-hetero) is 1. The minimum atomic E-state index is -4.68. The molecule has 1 aliphatic carbocycles. The van der Waals surface area contributed by atoms with Gasteiger partial charge in [-0.25, -0.2) is 15.0 Å². The molecule has 0 saturated carbocycles. The van der Waals surface area contributed by atoms with Crippen LogP contribution in [0.2, 0.25) is 0 Å². The Morgan fingerprint density at radius 1 is 1.10 bits per heavy atom. The highest BCUT2D eigenvalue weighted by molar-refractivity contribution is 6.40. The van der Waals surface area contributed by atoms with Gasteiger partial charge >= 0.3 is 6.18 Å². The SMILES string of the molecule is O=C1NC2=CC=C(n3c(-c4ccnc(F)c4)nc4ccc(C(F)(F)F)nc43)CC2C1=O. The Bertz CT molecular complexity index is 1340. The summed E-state index contributed by atoms with van der Waals surface area (Å²) in [5.74, 6) is -2.81. The number of nitrogens with one attached hydrogen (secondary N) is 1. The number of imidazole rings is 1. The van der Waals surface area contributed by atoms with E-state index in [1.807, 2.05) is 0 Å². The largest absolute Gasteiger partial charge is 0.433 e. The highest BCUT2D eigenvalue weighted by Crippen LogP contribution is 2.37. The lowest BCUT2D eigenvalue weighted by Gasteiger charge is -2.19. The number of pyridine rings is 2. The zero-order valence-corrected chi connectivity index (χ0v) is 15.4. The molecule has 0 spiro atoms. The van der Waals surface area contributed by atoms with Crippen molar-refractivity contribution in [2.24, 2.45) is 5.92 Å². The van der Waals surface area contributed by atoms with Crippen LogP contribution in [0.15, 0.2) is 48.3 Å². The summed E-state index contributed by atoms with van der Waals surface area (Å²) in [4.78, 5) is 35.5. The maximum absolute atomic E-state index is 13.7. The van der Waals surface area contributed by atoms with Crippen LogP contribution in [-0.2, 0) is 15.8 Å². The maximum atomic E-state index is 13.7. The van der Waals surface area contributed by atoms with Gasteiger partial charge in [-0.3, -0.25) is 14.2 Å². The second-order valence-electron chi connectivity index (χ2n) is 7.03. The van der Waals surface area contributed by atoms with Crippen molar-refractivity contribution >= 4 is 28.6 Å². The first-order valence-corrected chi connectivity index (χ1v) is 9.07. The standard InChI is InChI=1S/C20H11F4N5O2/c21-15-7-9(5-6-25-15)17-26-13-3-4-14(20(22,23)24)28-18(13)29(17)10-1-2-12-11(8-10)16(30)19(31)27-12/h1-7,11H,8H2,(H,27,31). The number of carbonyl (C=O) groups excluding carboxylic acids is 2. The number of fused-ring (bicyclic) bond motifs is 2. The molecule has 1 aliphatic heterocycles. The van der Waals surface area contributed by atoms with E-state index in [4.69, 9.17) is 0 Å². The van der Waals surface area contributed by atoms with Gasteiger partial charge in [0.2, 0.25) is 11.7 Å². The first-order valence-electron chi connectivity index (χ1n) is 9.07. The van der Waals surface area contributed by atoms with E-state index in [1.165, 1.54) is 29.0 Å². The average molecular weight is 429 g/mol. The van der Waals surface area contributed by atoms with Crippen molar-refractivity contribution in [3.8, 4) is 11.4 Å². The van der Waals surface area contributed by atoms with Gasteiger partial charge in [-0.05, 0) is 30.4 Å². The summed E-state index contributed by atoms with van der Waals surface area (Å²) in [6.07, 6.45) is -0.359. The van der Waals surface area contributed by atoms with Crippen molar-refractivity contribution < 1.29 is 27.2 Å². The number of amides is 1. The lowest BCUT2D eigenvalue weighted by Crippen LogP contribution is -2.19. The zero-order chi connectivity index (χ0) is 21.9. The topological polar surface area (TPSA) is 89.8 Å². The molecule has 1 unspecified atom stereocenters. The van der Waals surface area contributed by atoms with E-state index in [0.29, 0.717) is 11.4 Å². The molecule has 3 aromatic heterocycles. The van der Waals surface area contributed by atoms with Gasteiger partial charge in [0.05, 0.1) is 5.92 Å². The second kappa shape index (κ2) is 6.56. The third-order valence-corrected chi connectivity index (χ3v) is 5.11. The summed E-state index contributed by atoms with van der Waals surface area (Å²) < 4.78 is 54.9. The van der Waals surface area contributed by atoms with E-state index >= 15 is 0 Å². The second-order valence-corrected chi connectivity index (χ2v) is 7.03. The summed E-state index contributed by atoms with van der Waals surface area (Å²) in [7, 11) is 0. The third kappa shape index (κ3) is 3.09. The molecule has 3 aromatic rings. The molecule has 11 heteroatoms. The van der Waals surface area contributed by atoms with Crippen LogP contribution in [-0.4, -0.2) is 31.2 Å². The zero-order valence-electron chi connectivity index (χ0n) is 15.4. The minimum absolute atomic E-state index is 0.0351. The summed E-state index contributed by atoms with van der Waals surface area (Å²) >= 11 is 0. The van der Waals surface area contributed by atoms with Gasteiger partial charge in [0.1, 0.15) is 17.0 Å². The Kier molecular flexibility index (Phi) is 4.04. The van der Waals surface area contributed by atoms with Crippen LogP contribution in [0.1, 0.15) is 12.1 Å². The molecule has 7 nitrogen and oxygen atoms in total. The summed E-state index contributed by atoms with van der Waals surface area (Å²) in [6.45, 7) is 0. The van der Waals surface area contributed by atoms with E-state index in [-0.39, 0.29) is 29.0 Å². The number of ketones is 1. The molecular formula is C20H11F4N5O2. The molecule has 156 valence electrons. The monoisotopic (exact) mass is 429 g/mol. The molecule has 1 saturated heterocycles. The number of halogens is 4. The Morgan fingerprint density at radius 2 is 1.90 bits per heavy atom.